The summed E-state index contributed by atoms with van der Waals surface area (Å²) in [5, 5.41) is 24.1. The van der Waals surface area contributed by atoms with Gasteiger partial charge in [-0.3, -0.25) is 9.48 Å². The second-order valence-corrected chi connectivity index (χ2v) is 6.28. The van der Waals surface area contributed by atoms with Gasteiger partial charge in [-0.1, -0.05) is 12.1 Å². The first-order valence-corrected chi connectivity index (χ1v) is 7.72. The van der Waals surface area contributed by atoms with Crippen LogP contribution in [0.15, 0.2) is 42.7 Å². The first-order valence-electron chi connectivity index (χ1n) is 7.72. The molecule has 1 amide bonds. The minimum atomic E-state index is -1.13. The highest BCUT2D eigenvalue weighted by atomic mass is 16.3. The highest BCUT2D eigenvalue weighted by Gasteiger charge is 2.38. The fraction of sp³-hybridized carbons (Fsp3) is 0.412. The Morgan fingerprint density at radius 2 is 2.26 bits per heavy atom. The molecule has 23 heavy (non-hydrogen) atoms. The molecule has 122 valence electrons. The van der Waals surface area contributed by atoms with E-state index in [2.05, 4.69) is 5.10 Å². The summed E-state index contributed by atoms with van der Waals surface area (Å²) >= 11 is 0. The molecule has 2 aromatic rings. The van der Waals surface area contributed by atoms with Gasteiger partial charge in [0.2, 0.25) is 0 Å². The molecule has 6 nitrogen and oxygen atoms in total. The van der Waals surface area contributed by atoms with Gasteiger partial charge in [0, 0.05) is 31.0 Å². The van der Waals surface area contributed by atoms with Crippen molar-refractivity contribution in [3.63, 3.8) is 0 Å². The normalized spacial score (nSPS) is 24.7. The number of rotatable bonds is 3. The maximum atomic E-state index is 12.6. The Morgan fingerprint density at radius 1 is 1.43 bits per heavy atom. The fourth-order valence-electron chi connectivity index (χ4n) is 2.78. The van der Waals surface area contributed by atoms with Gasteiger partial charge in [0.25, 0.3) is 5.91 Å². The van der Waals surface area contributed by atoms with E-state index in [1.54, 1.807) is 28.8 Å². The number of likely N-dealkylation sites (tertiary alicyclic amines) is 1. The maximum absolute atomic E-state index is 12.6. The summed E-state index contributed by atoms with van der Waals surface area (Å²) in [4.78, 5) is 14.2. The second kappa shape index (κ2) is 6.14. The van der Waals surface area contributed by atoms with Gasteiger partial charge in [-0.2, -0.15) is 5.10 Å². The minimum Gasteiger partial charge on any atom is -0.388 e. The number of aromatic nitrogens is 2. The molecule has 0 unspecified atom stereocenters. The lowest BCUT2D eigenvalue weighted by Gasteiger charge is -2.39. The van der Waals surface area contributed by atoms with Crippen LogP contribution in [0.5, 0.6) is 0 Å². The number of carbonyl (C=O) groups excluding carboxylic acids is 1. The zero-order valence-corrected chi connectivity index (χ0v) is 13.1. The number of hydrogen-bond acceptors (Lipinski definition) is 4. The third kappa shape index (κ3) is 3.43. The number of carbonyl (C=O) groups is 1. The molecule has 1 saturated heterocycles. The van der Waals surface area contributed by atoms with Gasteiger partial charge in [-0.15, -0.1) is 0 Å². The van der Waals surface area contributed by atoms with E-state index in [1.165, 1.54) is 0 Å². The largest absolute Gasteiger partial charge is 0.388 e. The van der Waals surface area contributed by atoms with E-state index < -0.39 is 11.7 Å². The van der Waals surface area contributed by atoms with Crippen molar-refractivity contribution in [2.45, 2.75) is 31.6 Å². The highest BCUT2D eigenvalue weighted by molar-refractivity contribution is 5.94. The van der Waals surface area contributed by atoms with Crippen molar-refractivity contribution in [2.75, 3.05) is 13.1 Å². The molecule has 0 bridgehead atoms. The summed E-state index contributed by atoms with van der Waals surface area (Å²) in [6, 6.07) is 9.28. The van der Waals surface area contributed by atoms with Gasteiger partial charge in [-0.05, 0) is 37.1 Å². The van der Waals surface area contributed by atoms with Crippen LogP contribution in [0.3, 0.4) is 0 Å². The molecule has 6 heteroatoms. The average Bonchev–Trinajstić information content (AvgIpc) is 3.02. The molecule has 1 aromatic carbocycles. The monoisotopic (exact) mass is 315 g/mol. The van der Waals surface area contributed by atoms with Crippen LogP contribution in [0.4, 0.5) is 0 Å². The third-order valence-electron chi connectivity index (χ3n) is 4.36. The molecular formula is C17H21N3O3. The van der Waals surface area contributed by atoms with Crippen LogP contribution in [-0.4, -0.2) is 55.6 Å². The molecule has 1 aliphatic rings. The van der Waals surface area contributed by atoms with Gasteiger partial charge >= 0.3 is 0 Å². The van der Waals surface area contributed by atoms with Crippen molar-refractivity contribution in [1.29, 1.82) is 0 Å². The number of aliphatic hydroxyl groups is 2. The van der Waals surface area contributed by atoms with Gasteiger partial charge in [0.15, 0.2) is 0 Å². The molecule has 0 spiro atoms. The van der Waals surface area contributed by atoms with Crippen LogP contribution in [0, 0.1) is 0 Å². The van der Waals surface area contributed by atoms with Crippen molar-refractivity contribution < 1.29 is 15.0 Å². The molecule has 2 heterocycles. The number of aliphatic hydroxyl groups excluding tert-OH is 1. The van der Waals surface area contributed by atoms with Gasteiger partial charge in [0.1, 0.15) is 0 Å². The van der Waals surface area contributed by atoms with Crippen molar-refractivity contribution in [3.8, 4) is 0 Å². The molecular weight excluding hydrogens is 294 g/mol. The average molecular weight is 315 g/mol. The van der Waals surface area contributed by atoms with E-state index in [0.717, 1.165) is 5.56 Å². The maximum Gasteiger partial charge on any atom is 0.253 e. The summed E-state index contributed by atoms with van der Waals surface area (Å²) in [5.41, 5.74) is 0.450. The Balaban J connectivity index is 1.73. The lowest BCUT2D eigenvalue weighted by atomic mass is 9.90. The Kier molecular flexibility index (Phi) is 4.19. The van der Waals surface area contributed by atoms with Crippen molar-refractivity contribution >= 4 is 5.91 Å². The fourth-order valence-corrected chi connectivity index (χ4v) is 2.78. The molecule has 3 rings (SSSR count). The predicted octanol–water partition coefficient (Wildman–Crippen LogP) is 0.889. The summed E-state index contributed by atoms with van der Waals surface area (Å²) in [5.74, 6) is -0.123. The SMILES string of the molecule is C[C@@]1(O)CCN(C(=O)c2cccc(Cn3cccn3)c2)C[C@H]1O. The predicted molar refractivity (Wildman–Crippen MR) is 84.9 cm³/mol. The second-order valence-electron chi connectivity index (χ2n) is 6.28. The summed E-state index contributed by atoms with van der Waals surface area (Å²) in [6.45, 7) is 2.79. The lowest BCUT2D eigenvalue weighted by Crippen LogP contribution is -2.55. The van der Waals surface area contributed by atoms with E-state index in [1.807, 2.05) is 30.5 Å². The molecule has 0 saturated carbocycles. The van der Waals surface area contributed by atoms with Crippen LogP contribution in [0.25, 0.3) is 0 Å². The van der Waals surface area contributed by atoms with E-state index in [9.17, 15) is 15.0 Å². The summed E-state index contributed by atoms with van der Waals surface area (Å²) in [6.07, 6.45) is 3.04. The van der Waals surface area contributed by atoms with Gasteiger partial charge < -0.3 is 15.1 Å². The number of amides is 1. The Morgan fingerprint density at radius 3 is 2.96 bits per heavy atom. The van der Waals surface area contributed by atoms with E-state index in [0.29, 0.717) is 25.1 Å². The first kappa shape index (κ1) is 15.7. The van der Waals surface area contributed by atoms with Crippen molar-refractivity contribution in [3.05, 3.63) is 53.9 Å². The van der Waals surface area contributed by atoms with Gasteiger partial charge in [0.05, 0.1) is 18.2 Å². The molecule has 0 radical (unpaired) electrons. The summed E-state index contributed by atoms with van der Waals surface area (Å²) in [7, 11) is 0. The Labute approximate surface area is 135 Å². The molecule has 1 aliphatic heterocycles. The first-order chi connectivity index (χ1) is 11.0. The Bertz CT molecular complexity index is 682. The topological polar surface area (TPSA) is 78.6 Å². The highest BCUT2D eigenvalue weighted by Crippen LogP contribution is 2.23. The summed E-state index contributed by atoms with van der Waals surface area (Å²) < 4.78 is 1.80. The number of piperidine rings is 1. The molecule has 0 aliphatic carbocycles. The number of nitrogens with zero attached hydrogens (tertiary/aromatic N) is 3. The molecule has 2 atom stereocenters. The number of β-amino-alcohol motifs (C(OH)–C–C–N with tert-alkyl or cyclic N) is 1. The third-order valence-corrected chi connectivity index (χ3v) is 4.36. The smallest absolute Gasteiger partial charge is 0.253 e. The van der Waals surface area contributed by atoms with Crippen LogP contribution in [0.1, 0.15) is 29.3 Å². The number of benzene rings is 1. The standard InChI is InChI=1S/C17H21N3O3/c1-17(23)6-9-19(12-15(17)21)16(22)14-5-2-4-13(10-14)11-20-8-3-7-18-20/h2-5,7-8,10,15,21,23H,6,9,11-12H2,1H3/t15-,17-/m1/s1. The minimum absolute atomic E-state index is 0.123. The van der Waals surface area contributed by atoms with Crippen LogP contribution in [-0.2, 0) is 6.54 Å². The van der Waals surface area contributed by atoms with Crippen LogP contribution in [0.2, 0.25) is 0 Å². The zero-order chi connectivity index (χ0) is 16.4. The van der Waals surface area contributed by atoms with E-state index in [4.69, 9.17) is 0 Å². The molecule has 2 N–H and O–H groups in total. The lowest BCUT2D eigenvalue weighted by molar-refractivity contribution is -0.0999. The zero-order valence-electron chi connectivity index (χ0n) is 13.1. The van der Waals surface area contributed by atoms with Crippen LogP contribution >= 0.6 is 0 Å². The molecule has 1 fully saturated rings. The quantitative estimate of drug-likeness (QED) is 0.882. The molecule has 1 aromatic heterocycles. The van der Waals surface area contributed by atoms with Crippen molar-refractivity contribution in [1.82, 2.24) is 14.7 Å². The van der Waals surface area contributed by atoms with Crippen LogP contribution < -0.4 is 0 Å². The van der Waals surface area contributed by atoms with Crippen molar-refractivity contribution in [2.24, 2.45) is 0 Å². The Hall–Kier alpha value is -2.18. The number of hydrogen-bond donors (Lipinski definition) is 2. The van der Waals surface area contributed by atoms with Gasteiger partial charge in [-0.25, -0.2) is 0 Å². The van der Waals surface area contributed by atoms with E-state index >= 15 is 0 Å². The van der Waals surface area contributed by atoms with E-state index in [-0.39, 0.29) is 12.5 Å².